The average molecular weight is 781 g/mol. The Balaban J connectivity index is 1.07. The summed E-state index contributed by atoms with van der Waals surface area (Å²) in [6.07, 6.45) is -0.884. The van der Waals surface area contributed by atoms with Crippen LogP contribution in [0.15, 0.2) is 60.7 Å². The maximum Gasteiger partial charge on any atom is 0.407 e. The number of alkyl halides is 1. The SMILES string of the molecule is COC(=O)NC(C(=O)N1CCCC1c1nc2ccc(-c3ccc(-c4ccc5nc(C6CC(F)CN6C(=O)C(NC(=O)OC)C(C)C)[nH]c5c4)cc3)cc2[nH]1)C(C)C. The molecule has 2 aliphatic heterocycles. The topological polar surface area (TPSA) is 175 Å². The van der Waals surface area contributed by atoms with E-state index in [1.165, 1.54) is 19.1 Å². The highest BCUT2D eigenvalue weighted by atomic mass is 19.1. The van der Waals surface area contributed by atoms with E-state index in [1.807, 2.05) is 58.0 Å². The molecule has 300 valence electrons. The van der Waals surface area contributed by atoms with Gasteiger partial charge in [0.05, 0.1) is 54.9 Å². The van der Waals surface area contributed by atoms with Gasteiger partial charge in [0.25, 0.3) is 0 Å². The van der Waals surface area contributed by atoms with Gasteiger partial charge in [-0.3, -0.25) is 9.59 Å². The van der Waals surface area contributed by atoms with Gasteiger partial charge in [0.1, 0.15) is 29.9 Å². The molecule has 0 saturated carbocycles. The number of carbonyl (C=O) groups excluding carboxylic acids is 4. The number of hydrogen-bond acceptors (Lipinski definition) is 8. The predicted molar refractivity (Wildman–Crippen MR) is 213 cm³/mol. The molecule has 3 aromatic carbocycles. The zero-order valence-electron chi connectivity index (χ0n) is 33.0. The number of ether oxygens (including phenoxy) is 2. The Morgan fingerprint density at radius 1 is 0.702 bits per heavy atom. The fourth-order valence-corrected chi connectivity index (χ4v) is 7.95. The van der Waals surface area contributed by atoms with E-state index in [4.69, 9.17) is 19.4 Å². The second-order valence-corrected chi connectivity index (χ2v) is 15.5. The molecule has 57 heavy (non-hydrogen) atoms. The lowest BCUT2D eigenvalue weighted by molar-refractivity contribution is -0.136. The van der Waals surface area contributed by atoms with Crippen molar-refractivity contribution >= 4 is 46.1 Å². The first kappa shape index (κ1) is 39.3. The standard InChI is InChI=1S/C42H49FN8O6/c1-22(2)35(48-41(54)56-5)39(52)50-17-7-8-33(50)37-44-29-15-13-26(18-31(29)46-37)24-9-11-25(12-10-24)27-14-16-30-32(19-27)47-38(45-30)34-20-28(43)21-51(34)40(53)36(23(3)4)49-42(55)57-6/h9-16,18-19,22-23,28,33-36H,7-8,17,20-21H2,1-6H3,(H,44,46)(H,45,47)(H,48,54)(H,49,55). The molecule has 5 aromatic rings. The van der Waals surface area contributed by atoms with Gasteiger partial charge >= 0.3 is 12.2 Å². The van der Waals surface area contributed by atoms with Crippen molar-refractivity contribution < 1.29 is 33.0 Å². The molecular weight excluding hydrogens is 732 g/mol. The van der Waals surface area contributed by atoms with E-state index in [0.717, 1.165) is 51.6 Å². The minimum Gasteiger partial charge on any atom is -0.453 e. The summed E-state index contributed by atoms with van der Waals surface area (Å²) in [4.78, 5) is 70.9. The second kappa shape index (κ2) is 16.2. The summed E-state index contributed by atoms with van der Waals surface area (Å²) in [6, 6.07) is 17.8. The van der Waals surface area contributed by atoms with E-state index in [9.17, 15) is 23.6 Å². The fraction of sp³-hybridized carbons (Fsp3) is 0.429. The lowest BCUT2D eigenvalue weighted by Crippen LogP contribution is -2.51. The van der Waals surface area contributed by atoms with E-state index in [-0.39, 0.29) is 42.7 Å². The molecule has 0 radical (unpaired) electrons. The molecule has 7 rings (SSSR count). The van der Waals surface area contributed by atoms with Gasteiger partial charge in [-0.2, -0.15) is 0 Å². The van der Waals surface area contributed by atoms with Crippen molar-refractivity contribution in [2.45, 2.75) is 77.3 Å². The second-order valence-electron chi connectivity index (χ2n) is 15.5. The summed E-state index contributed by atoms with van der Waals surface area (Å²) in [5.74, 6) is 0.313. The third-order valence-electron chi connectivity index (χ3n) is 11.0. The average Bonchev–Trinajstić information content (AvgIpc) is 4.02. The van der Waals surface area contributed by atoms with Crippen LogP contribution in [0.2, 0.25) is 0 Å². The third-order valence-corrected chi connectivity index (χ3v) is 11.0. The molecule has 0 aliphatic carbocycles. The van der Waals surface area contributed by atoms with Crippen LogP contribution in [0.5, 0.6) is 0 Å². The monoisotopic (exact) mass is 780 g/mol. The first-order chi connectivity index (χ1) is 27.3. The number of amides is 4. The molecule has 2 saturated heterocycles. The quantitative estimate of drug-likeness (QED) is 0.120. The van der Waals surface area contributed by atoms with Crippen LogP contribution in [0.3, 0.4) is 0 Å². The number of methoxy groups -OCH3 is 2. The lowest BCUT2D eigenvalue weighted by Gasteiger charge is -2.29. The Labute approximate surface area is 329 Å². The highest BCUT2D eigenvalue weighted by Crippen LogP contribution is 2.36. The number of likely N-dealkylation sites (tertiary alicyclic amines) is 2. The van der Waals surface area contributed by atoms with Crippen LogP contribution < -0.4 is 10.6 Å². The molecular formula is C42H49FN8O6. The number of imidazole rings is 2. The van der Waals surface area contributed by atoms with E-state index in [1.54, 1.807) is 4.90 Å². The van der Waals surface area contributed by atoms with Crippen molar-refractivity contribution in [1.29, 1.82) is 0 Å². The zero-order chi connectivity index (χ0) is 40.5. The smallest absolute Gasteiger partial charge is 0.407 e. The van der Waals surface area contributed by atoms with Crippen LogP contribution in [0.1, 0.15) is 70.7 Å². The third kappa shape index (κ3) is 8.00. The van der Waals surface area contributed by atoms with Gasteiger partial charge in [-0.25, -0.2) is 23.9 Å². The summed E-state index contributed by atoms with van der Waals surface area (Å²) in [7, 11) is 2.52. The molecule has 2 aliphatic rings. The minimum absolute atomic E-state index is 0.0880. The molecule has 2 fully saturated rings. The van der Waals surface area contributed by atoms with Crippen molar-refractivity contribution in [3.05, 3.63) is 72.3 Å². The Kier molecular flexibility index (Phi) is 11.2. The van der Waals surface area contributed by atoms with Gasteiger partial charge in [-0.15, -0.1) is 0 Å². The first-order valence-electron chi connectivity index (χ1n) is 19.4. The molecule has 15 heteroatoms. The molecule has 14 nitrogen and oxygen atoms in total. The van der Waals surface area contributed by atoms with E-state index >= 15 is 0 Å². The van der Waals surface area contributed by atoms with Crippen LogP contribution in [0.25, 0.3) is 44.3 Å². The molecule has 4 amide bonds. The number of benzene rings is 3. The molecule has 0 bridgehead atoms. The Morgan fingerprint density at radius 3 is 1.63 bits per heavy atom. The van der Waals surface area contributed by atoms with Gasteiger partial charge in [0, 0.05) is 13.0 Å². The maximum atomic E-state index is 14.8. The van der Waals surface area contributed by atoms with Crippen LogP contribution in [-0.4, -0.2) is 99.3 Å². The van der Waals surface area contributed by atoms with Crippen molar-refractivity contribution in [3.8, 4) is 22.3 Å². The number of hydrogen-bond donors (Lipinski definition) is 4. The number of aromatic nitrogens is 4. The molecule has 2 aromatic heterocycles. The first-order valence-corrected chi connectivity index (χ1v) is 19.4. The van der Waals surface area contributed by atoms with Gasteiger partial charge in [-0.05, 0) is 71.2 Å². The van der Waals surface area contributed by atoms with E-state index in [2.05, 4.69) is 50.9 Å². The number of alkyl carbamates (subject to hydrolysis) is 2. The number of nitrogens with one attached hydrogen (secondary N) is 4. The lowest BCUT2D eigenvalue weighted by atomic mass is 10.00. The van der Waals surface area contributed by atoms with Crippen LogP contribution in [0, 0.1) is 11.8 Å². The van der Waals surface area contributed by atoms with Crippen LogP contribution >= 0.6 is 0 Å². The number of nitrogens with zero attached hydrogens (tertiary/aromatic N) is 4. The summed E-state index contributed by atoms with van der Waals surface area (Å²) < 4.78 is 24.3. The van der Waals surface area contributed by atoms with Crippen molar-refractivity contribution in [2.75, 3.05) is 27.3 Å². The normalized spacial score (nSPS) is 19.4. The molecule has 4 heterocycles. The fourth-order valence-electron chi connectivity index (χ4n) is 7.95. The summed E-state index contributed by atoms with van der Waals surface area (Å²) in [6.45, 7) is 7.90. The molecule has 4 N–H and O–H groups in total. The highest BCUT2D eigenvalue weighted by molar-refractivity contribution is 5.88. The van der Waals surface area contributed by atoms with Gasteiger partial charge in [0.2, 0.25) is 11.8 Å². The number of fused-ring (bicyclic) bond motifs is 2. The van der Waals surface area contributed by atoms with E-state index in [0.29, 0.717) is 23.7 Å². The minimum atomic E-state index is -1.22. The largest absolute Gasteiger partial charge is 0.453 e. The van der Waals surface area contributed by atoms with Gasteiger partial charge < -0.3 is 39.9 Å². The Morgan fingerprint density at radius 2 is 1.16 bits per heavy atom. The Bertz CT molecular complexity index is 2290. The van der Waals surface area contributed by atoms with Crippen LogP contribution in [-0.2, 0) is 19.1 Å². The van der Waals surface area contributed by atoms with E-state index < -0.39 is 36.5 Å². The number of halogens is 1. The van der Waals surface area contributed by atoms with Crippen molar-refractivity contribution in [1.82, 2.24) is 40.4 Å². The molecule has 5 unspecified atom stereocenters. The maximum absolute atomic E-state index is 14.8. The highest BCUT2D eigenvalue weighted by Gasteiger charge is 2.42. The van der Waals surface area contributed by atoms with Crippen molar-refractivity contribution in [3.63, 3.8) is 0 Å². The Hall–Kier alpha value is -5.99. The molecule has 5 atom stereocenters. The van der Waals surface area contributed by atoms with Crippen molar-refractivity contribution in [2.24, 2.45) is 11.8 Å². The number of H-pyrrole nitrogens is 2. The summed E-state index contributed by atoms with van der Waals surface area (Å²) >= 11 is 0. The van der Waals surface area contributed by atoms with Gasteiger partial charge in [-0.1, -0.05) is 64.1 Å². The predicted octanol–water partition coefficient (Wildman–Crippen LogP) is 6.81. The summed E-state index contributed by atoms with van der Waals surface area (Å²) in [5.41, 5.74) is 7.09. The van der Waals surface area contributed by atoms with Crippen LogP contribution in [0.4, 0.5) is 14.0 Å². The number of rotatable bonds is 10. The number of carbonyl (C=O) groups is 4. The molecule has 0 spiro atoms. The summed E-state index contributed by atoms with van der Waals surface area (Å²) in [5, 5.41) is 5.29. The van der Waals surface area contributed by atoms with Gasteiger partial charge in [0.15, 0.2) is 0 Å². The number of aromatic amines is 2. The zero-order valence-corrected chi connectivity index (χ0v) is 33.0.